The van der Waals surface area contributed by atoms with Crippen LogP contribution in [0.4, 0.5) is 5.69 Å². The molecule has 2 aliphatic rings. The third kappa shape index (κ3) is 7.38. The molecule has 8 nitrogen and oxygen atoms in total. The lowest BCUT2D eigenvalue weighted by molar-refractivity contribution is -0.117. The smallest absolute Gasteiger partial charge is 0.227 e. The number of hydrogen-bond donors (Lipinski definition) is 2. The summed E-state index contributed by atoms with van der Waals surface area (Å²) in [4.78, 5) is 20.5. The molecule has 3 rings (SSSR count). The van der Waals surface area contributed by atoms with Gasteiger partial charge in [0.15, 0.2) is 15.8 Å². The molecular weight excluding hydrogens is 517 g/mol. The second kappa shape index (κ2) is 11.8. The first-order valence-electron chi connectivity index (χ1n) is 10.3. The van der Waals surface area contributed by atoms with Gasteiger partial charge >= 0.3 is 0 Å². The minimum absolute atomic E-state index is 0. The van der Waals surface area contributed by atoms with Crippen molar-refractivity contribution in [1.82, 2.24) is 15.5 Å². The summed E-state index contributed by atoms with van der Waals surface area (Å²) in [5, 5.41) is 6.55. The van der Waals surface area contributed by atoms with Crippen molar-refractivity contribution in [2.45, 2.75) is 26.3 Å². The van der Waals surface area contributed by atoms with E-state index >= 15 is 0 Å². The van der Waals surface area contributed by atoms with Gasteiger partial charge in [-0.25, -0.2) is 13.4 Å². The standard InChI is InChI=1S/C20H31N5O3S.HI/c1-2-21-20(22-9-11-24-12-14-29(27,28)15-13-24)23-16-17-5-7-18(8-6-17)25-10-3-4-19(25)26;/h5-8H,2-4,9-16H2,1H3,(H2,21,22,23);1H. The van der Waals surface area contributed by atoms with E-state index in [-0.39, 0.29) is 41.4 Å². The van der Waals surface area contributed by atoms with Gasteiger partial charge in [-0.3, -0.25) is 9.69 Å². The highest BCUT2D eigenvalue weighted by atomic mass is 127. The minimum atomic E-state index is -2.84. The zero-order valence-corrected chi connectivity index (χ0v) is 20.6. The number of aliphatic imine (C=N–C) groups is 1. The van der Waals surface area contributed by atoms with Gasteiger partial charge in [0.1, 0.15) is 0 Å². The van der Waals surface area contributed by atoms with E-state index in [0.717, 1.165) is 43.3 Å². The highest BCUT2D eigenvalue weighted by Crippen LogP contribution is 2.21. The zero-order valence-electron chi connectivity index (χ0n) is 17.5. The van der Waals surface area contributed by atoms with Crippen LogP contribution >= 0.6 is 24.0 Å². The van der Waals surface area contributed by atoms with Gasteiger partial charge < -0.3 is 15.5 Å². The van der Waals surface area contributed by atoms with Crippen LogP contribution in [0.5, 0.6) is 0 Å². The van der Waals surface area contributed by atoms with Crippen molar-refractivity contribution < 1.29 is 13.2 Å². The molecule has 0 saturated carbocycles. The number of benzene rings is 1. The summed E-state index contributed by atoms with van der Waals surface area (Å²) in [5.74, 6) is 1.44. The van der Waals surface area contributed by atoms with Crippen LogP contribution in [0, 0.1) is 0 Å². The van der Waals surface area contributed by atoms with Crippen LogP contribution in [0.15, 0.2) is 29.3 Å². The Morgan fingerprint density at radius 1 is 1.10 bits per heavy atom. The molecule has 0 atom stereocenters. The topological polar surface area (TPSA) is 94.1 Å². The Labute approximate surface area is 196 Å². The molecule has 2 fully saturated rings. The van der Waals surface area contributed by atoms with E-state index in [0.29, 0.717) is 32.6 Å². The number of amides is 1. The van der Waals surface area contributed by atoms with E-state index in [2.05, 4.69) is 20.5 Å². The van der Waals surface area contributed by atoms with Crippen molar-refractivity contribution in [1.29, 1.82) is 0 Å². The van der Waals surface area contributed by atoms with Crippen molar-refractivity contribution in [3.63, 3.8) is 0 Å². The van der Waals surface area contributed by atoms with Gasteiger partial charge in [0.05, 0.1) is 18.1 Å². The van der Waals surface area contributed by atoms with Gasteiger partial charge in [0.25, 0.3) is 0 Å². The van der Waals surface area contributed by atoms with Crippen molar-refractivity contribution in [2.24, 2.45) is 4.99 Å². The largest absolute Gasteiger partial charge is 0.357 e. The predicted molar refractivity (Wildman–Crippen MR) is 131 cm³/mol. The third-order valence-electron chi connectivity index (χ3n) is 5.24. The SMILES string of the molecule is CCNC(=NCc1ccc(N2CCCC2=O)cc1)NCCN1CCS(=O)(=O)CC1.I. The van der Waals surface area contributed by atoms with E-state index in [1.807, 2.05) is 36.1 Å². The second-order valence-corrected chi connectivity index (χ2v) is 9.73. The van der Waals surface area contributed by atoms with Crippen LogP contribution in [0.25, 0.3) is 0 Å². The van der Waals surface area contributed by atoms with Crippen molar-refractivity contribution in [2.75, 3.05) is 55.7 Å². The molecule has 30 heavy (non-hydrogen) atoms. The number of rotatable bonds is 7. The molecule has 2 aliphatic heterocycles. The molecule has 2 heterocycles. The molecule has 10 heteroatoms. The molecule has 0 aliphatic carbocycles. The van der Waals surface area contributed by atoms with Gasteiger partial charge in [0, 0.05) is 51.4 Å². The summed E-state index contributed by atoms with van der Waals surface area (Å²) in [6, 6.07) is 8.00. The van der Waals surface area contributed by atoms with E-state index in [4.69, 9.17) is 0 Å². The number of nitrogens with one attached hydrogen (secondary N) is 2. The van der Waals surface area contributed by atoms with Gasteiger partial charge in [-0.2, -0.15) is 0 Å². The Morgan fingerprint density at radius 2 is 1.80 bits per heavy atom. The second-order valence-electron chi connectivity index (χ2n) is 7.43. The molecule has 0 aromatic heterocycles. The van der Waals surface area contributed by atoms with Crippen molar-refractivity contribution in [3.8, 4) is 0 Å². The van der Waals surface area contributed by atoms with E-state index in [1.165, 1.54) is 0 Å². The summed E-state index contributed by atoms with van der Waals surface area (Å²) >= 11 is 0. The number of guanidine groups is 1. The molecule has 2 saturated heterocycles. The number of anilines is 1. The number of carbonyl (C=O) groups is 1. The van der Waals surface area contributed by atoms with Gasteiger partial charge in [0.2, 0.25) is 5.91 Å². The molecule has 2 N–H and O–H groups in total. The van der Waals surface area contributed by atoms with Gasteiger partial charge in [-0.1, -0.05) is 12.1 Å². The maximum atomic E-state index is 11.8. The van der Waals surface area contributed by atoms with Crippen molar-refractivity contribution >= 4 is 51.4 Å². The Hall–Kier alpha value is -1.40. The lowest BCUT2D eigenvalue weighted by Crippen LogP contribution is -2.45. The highest BCUT2D eigenvalue weighted by molar-refractivity contribution is 14.0. The van der Waals surface area contributed by atoms with Gasteiger partial charge in [-0.15, -0.1) is 24.0 Å². The van der Waals surface area contributed by atoms with Gasteiger partial charge in [-0.05, 0) is 31.0 Å². The summed E-state index contributed by atoms with van der Waals surface area (Å²) in [6.45, 7) is 6.84. The Bertz CT molecular complexity index is 815. The maximum Gasteiger partial charge on any atom is 0.227 e. The lowest BCUT2D eigenvalue weighted by Gasteiger charge is -2.26. The minimum Gasteiger partial charge on any atom is -0.357 e. The first kappa shape index (κ1) is 24.9. The Kier molecular flexibility index (Phi) is 9.82. The van der Waals surface area contributed by atoms with Crippen LogP contribution in [0.2, 0.25) is 0 Å². The normalized spacial score (nSPS) is 19.4. The average Bonchev–Trinajstić information content (AvgIpc) is 3.13. The summed E-state index contributed by atoms with van der Waals surface area (Å²) in [5.41, 5.74) is 2.03. The summed E-state index contributed by atoms with van der Waals surface area (Å²) in [6.07, 6.45) is 1.56. The number of halogens is 1. The van der Waals surface area contributed by atoms with E-state index in [1.54, 1.807) is 0 Å². The molecule has 1 amide bonds. The molecule has 0 spiro atoms. The zero-order chi connectivity index (χ0) is 20.7. The fraction of sp³-hybridized carbons (Fsp3) is 0.600. The number of hydrogen-bond acceptors (Lipinski definition) is 5. The lowest BCUT2D eigenvalue weighted by atomic mass is 10.2. The summed E-state index contributed by atoms with van der Waals surface area (Å²) < 4.78 is 23.0. The Morgan fingerprint density at radius 3 is 2.40 bits per heavy atom. The molecule has 0 radical (unpaired) electrons. The fourth-order valence-corrected chi connectivity index (χ4v) is 4.80. The number of sulfone groups is 1. The number of carbonyl (C=O) groups excluding carboxylic acids is 1. The number of nitrogens with zero attached hydrogens (tertiary/aromatic N) is 3. The van der Waals surface area contributed by atoms with Crippen molar-refractivity contribution in [3.05, 3.63) is 29.8 Å². The van der Waals surface area contributed by atoms with Crippen LogP contribution in [0.1, 0.15) is 25.3 Å². The molecule has 0 unspecified atom stereocenters. The monoisotopic (exact) mass is 549 g/mol. The molecular formula is C20H32IN5O3S. The first-order valence-corrected chi connectivity index (χ1v) is 12.1. The van der Waals surface area contributed by atoms with Crippen LogP contribution in [0.3, 0.4) is 0 Å². The third-order valence-corrected chi connectivity index (χ3v) is 6.85. The predicted octanol–water partition coefficient (Wildman–Crippen LogP) is 1.22. The molecule has 1 aromatic carbocycles. The van der Waals surface area contributed by atoms with E-state index < -0.39 is 9.84 Å². The molecule has 168 valence electrons. The summed E-state index contributed by atoms with van der Waals surface area (Å²) in [7, 11) is -2.84. The van der Waals surface area contributed by atoms with Crippen LogP contribution < -0.4 is 15.5 Å². The quantitative estimate of drug-likeness (QED) is 0.302. The first-order chi connectivity index (χ1) is 14.0. The van der Waals surface area contributed by atoms with Crippen LogP contribution in [-0.4, -0.2) is 76.0 Å². The highest BCUT2D eigenvalue weighted by Gasteiger charge is 2.22. The molecule has 0 bridgehead atoms. The fourth-order valence-electron chi connectivity index (χ4n) is 3.52. The average molecular weight is 549 g/mol. The molecule has 1 aromatic rings. The van der Waals surface area contributed by atoms with E-state index in [9.17, 15) is 13.2 Å². The Balaban J connectivity index is 0.00000320. The maximum absolute atomic E-state index is 11.8. The van der Waals surface area contributed by atoms with Crippen LogP contribution in [-0.2, 0) is 21.2 Å².